The van der Waals surface area contributed by atoms with Gasteiger partial charge in [0.05, 0.1) is 17.9 Å². The standard InChI is InChI=1S/C22H19Br2NO2/c23-17-5-1-15(2-6-17)20(9-10-20)22(14-25,13-19(26)27)21(11-12-21)16-3-7-18(24)8-4-16/h1-8H,9-13H2,(H,26,27). The molecule has 0 saturated heterocycles. The zero-order chi connectivity index (χ0) is 19.3. The summed E-state index contributed by atoms with van der Waals surface area (Å²) in [6.07, 6.45) is 3.29. The molecule has 0 amide bonds. The highest BCUT2D eigenvalue weighted by Crippen LogP contribution is 2.74. The van der Waals surface area contributed by atoms with Crippen LogP contribution >= 0.6 is 31.9 Å². The quantitative estimate of drug-likeness (QED) is 0.545. The van der Waals surface area contributed by atoms with Crippen molar-refractivity contribution in [3.63, 3.8) is 0 Å². The van der Waals surface area contributed by atoms with E-state index in [1.165, 1.54) is 0 Å². The summed E-state index contributed by atoms with van der Waals surface area (Å²) in [7, 11) is 0. The van der Waals surface area contributed by atoms with Crippen LogP contribution in [-0.4, -0.2) is 11.1 Å². The molecule has 0 spiro atoms. The lowest BCUT2D eigenvalue weighted by Gasteiger charge is -2.42. The van der Waals surface area contributed by atoms with Gasteiger partial charge >= 0.3 is 5.97 Å². The lowest BCUT2D eigenvalue weighted by molar-refractivity contribution is -0.140. The number of carboxylic acids is 1. The average Bonchev–Trinajstić information content (AvgIpc) is 3.55. The third kappa shape index (κ3) is 2.77. The highest BCUT2D eigenvalue weighted by atomic mass is 79.9. The van der Waals surface area contributed by atoms with Gasteiger partial charge < -0.3 is 5.11 Å². The predicted octanol–water partition coefficient (Wildman–Crippen LogP) is 5.96. The van der Waals surface area contributed by atoms with Crippen molar-refractivity contribution in [2.24, 2.45) is 5.41 Å². The van der Waals surface area contributed by atoms with E-state index in [0.29, 0.717) is 0 Å². The number of rotatable bonds is 6. The van der Waals surface area contributed by atoms with E-state index in [-0.39, 0.29) is 6.42 Å². The van der Waals surface area contributed by atoms with Crippen molar-refractivity contribution in [1.82, 2.24) is 0 Å². The zero-order valence-electron chi connectivity index (χ0n) is 14.7. The monoisotopic (exact) mass is 487 g/mol. The number of carboxylic acid groups (broad SMARTS) is 1. The summed E-state index contributed by atoms with van der Waals surface area (Å²) in [6, 6.07) is 18.7. The van der Waals surface area contributed by atoms with Crippen LogP contribution in [0.3, 0.4) is 0 Å². The zero-order valence-corrected chi connectivity index (χ0v) is 17.9. The van der Waals surface area contributed by atoms with Gasteiger partial charge in [0.25, 0.3) is 0 Å². The Bertz CT molecular complexity index is 859. The summed E-state index contributed by atoms with van der Waals surface area (Å²) < 4.78 is 1.97. The van der Waals surface area contributed by atoms with Crippen molar-refractivity contribution >= 4 is 37.8 Å². The van der Waals surface area contributed by atoms with E-state index in [4.69, 9.17) is 0 Å². The first kappa shape index (κ1) is 18.7. The molecule has 0 radical (unpaired) electrons. The van der Waals surface area contributed by atoms with Gasteiger partial charge in [0.1, 0.15) is 0 Å². The van der Waals surface area contributed by atoms with Crippen LogP contribution in [0.4, 0.5) is 0 Å². The topological polar surface area (TPSA) is 61.1 Å². The van der Waals surface area contributed by atoms with Crippen molar-refractivity contribution in [2.75, 3.05) is 0 Å². The molecule has 2 saturated carbocycles. The minimum Gasteiger partial charge on any atom is -0.481 e. The van der Waals surface area contributed by atoms with Gasteiger partial charge in [-0.05, 0) is 61.1 Å². The molecule has 3 nitrogen and oxygen atoms in total. The fraction of sp³-hybridized carbons (Fsp3) is 0.364. The molecule has 2 aliphatic rings. The number of nitrogens with zero attached hydrogens (tertiary/aromatic N) is 1. The van der Waals surface area contributed by atoms with Gasteiger partial charge in [0, 0.05) is 19.8 Å². The summed E-state index contributed by atoms with van der Waals surface area (Å²) in [4.78, 5) is 11.9. The number of hydrogen-bond acceptors (Lipinski definition) is 2. The first-order valence-corrected chi connectivity index (χ1v) is 10.6. The van der Waals surface area contributed by atoms with Gasteiger partial charge in [0.15, 0.2) is 0 Å². The second kappa shape index (κ2) is 6.46. The van der Waals surface area contributed by atoms with E-state index < -0.39 is 22.2 Å². The summed E-state index contributed by atoms with van der Waals surface area (Å²) in [6.45, 7) is 0. The Morgan fingerprint density at radius 3 is 1.56 bits per heavy atom. The van der Waals surface area contributed by atoms with Crippen molar-refractivity contribution in [3.05, 3.63) is 68.6 Å². The maximum atomic E-state index is 11.9. The van der Waals surface area contributed by atoms with Crippen molar-refractivity contribution in [3.8, 4) is 6.07 Å². The predicted molar refractivity (Wildman–Crippen MR) is 110 cm³/mol. The van der Waals surface area contributed by atoms with E-state index in [2.05, 4.69) is 37.9 Å². The molecule has 27 heavy (non-hydrogen) atoms. The van der Waals surface area contributed by atoms with E-state index in [0.717, 1.165) is 45.8 Å². The van der Waals surface area contributed by atoms with Gasteiger partial charge in [-0.25, -0.2) is 0 Å². The van der Waals surface area contributed by atoms with Crippen molar-refractivity contribution in [1.29, 1.82) is 5.26 Å². The maximum absolute atomic E-state index is 11.9. The molecule has 2 aliphatic carbocycles. The molecule has 2 aromatic carbocycles. The number of hydrogen-bond donors (Lipinski definition) is 1. The Morgan fingerprint density at radius 1 is 0.926 bits per heavy atom. The summed E-state index contributed by atoms with van der Waals surface area (Å²) in [5.74, 6) is -0.900. The van der Waals surface area contributed by atoms with Crippen LogP contribution in [0.1, 0.15) is 43.2 Å². The third-order valence-corrected chi connectivity index (χ3v) is 7.59. The second-order valence-corrected chi connectivity index (χ2v) is 9.60. The Morgan fingerprint density at radius 2 is 1.30 bits per heavy atom. The van der Waals surface area contributed by atoms with Gasteiger partial charge in [-0.2, -0.15) is 5.26 Å². The number of carbonyl (C=O) groups is 1. The number of aliphatic carboxylic acids is 1. The molecule has 0 heterocycles. The average molecular weight is 489 g/mol. The SMILES string of the molecule is N#CC(CC(=O)O)(C1(c2ccc(Br)cc2)CC1)C1(c2ccc(Br)cc2)CC1. The Hall–Kier alpha value is -1.64. The molecule has 0 bridgehead atoms. The molecule has 1 N–H and O–H groups in total. The van der Waals surface area contributed by atoms with E-state index >= 15 is 0 Å². The van der Waals surface area contributed by atoms with Gasteiger partial charge in [-0.1, -0.05) is 56.1 Å². The molecule has 0 aliphatic heterocycles. The Balaban J connectivity index is 1.89. The molecular weight excluding hydrogens is 470 g/mol. The van der Waals surface area contributed by atoms with Crippen LogP contribution in [0, 0.1) is 16.7 Å². The minimum absolute atomic E-state index is 0.129. The van der Waals surface area contributed by atoms with Crippen LogP contribution in [-0.2, 0) is 15.6 Å². The minimum atomic E-state index is -0.951. The van der Waals surface area contributed by atoms with Crippen LogP contribution in [0.2, 0.25) is 0 Å². The molecule has 2 fully saturated rings. The Labute approximate surface area is 175 Å². The second-order valence-electron chi connectivity index (χ2n) is 7.77. The van der Waals surface area contributed by atoms with Crippen molar-refractivity contribution in [2.45, 2.75) is 42.9 Å². The lowest BCUT2D eigenvalue weighted by Crippen LogP contribution is -2.46. The van der Waals surface area contributed by atoms with E-state index in [9.17, 15) is 15.2 Å². The molecule has 4 rings (SSSR count). The highest BCUT2D eigenvalue weighted by molar-refractivity contribution is 9.10. The van der Waals surface area contributed by atoms with Gasteiger partial charge in [-0.3, -0.25) is 4.79 Å². The summed E-state index contributed by atoms with van der Waals surface area (Å²) >= 11 is 6.94. The molecule has 2 aromatic rings. The first-order valence-electron chi connectivity index (χ1n) is 9.04. The fourth-order valence-corrected chi connectivity index (χ4v) is 5.52. The summed E-state index contributed by atoms with van der Waals surface area (Å²) in [5.41, 5.74) is 0.413. The van der Waals surface area contributed by atoms with Crippen LogP contribution in [0.15, 0.2) is 57.5 Å². The van der Waals surface area contributed by atoms with Crippen LogP contribution < -0.4 is 0 Å². The first-order chi connectivity index (χ1) is 12.9. The highest BCUT2D eigenvalue weighted by Gasteiger charge is 2.73. The molecule has 0 aromatic heterocycles. The fourth-order valence-electron chi connectivity index (χ4n) is 4.99. The lowest BCUT2D eigenvalue weighted by atomic mass is 9.57. The van der Waals surface area contributed by atoms with Gasteiger partial charge in [-0.15, -0.1) is 0 Å². The van der Waals surface area contributed by atoms with Crippen molar-refractivity contribution < 1.29 is 9.90 Å². The Kier molecular flexibility index (Phi) is 4.48. The smallest absolute Gasteiger partial charge is 0.305 e. The van der Waals surface area contributed by atoms with Gasteiger partial charge in [0.2, 0.25) is 0 Å². The van der Waals surface area contributed by atoms with E-state index in [1.54, 1.807) is 0 Å². The molecule has 0 unspecified atom stereocenters. The molecule has 0 atom stereocenters. The van der Waals surface area contributed by atoms with Crippen LogP contribution in [0.25, 0.3) is 0 Å². The largest absolute Gasteiger partial charge is 0.481 e. The number of benzene rings is 2. The maximum Gasteiger partial charge on any atom is 0.305 e. The van der Waals surface area contributed by atoms with E-state index in [1.807, 2.05) is 48.5 Å². The number of nitriles is 1. The normalized spacial score (nSPS) is 19.1. The number of halogens is 2. The summed E-state index contributed by atoms with van der Waals surface area (Å²) in [5, 5.41) is 20.3. The molecule has 5 heteroatoms. The molecule has 138 valence electrons. The molecular formula is C22H19Br2NO2. The van der Waals surface area contributed by atoms with Crippen LogP contribution in [0.5, 0.6) is 0 Å². The third-order valence-electron chi connectivity index (χ3n) is 6.53.